The molecular weight excluding hydrogens is 408 g/mol. The number of amides is 1. The van der Waals surface area contributed by atoms with Crippen LogP contribution in [0.25, 0.3) is 0 Å². The molecule has 9 heteroatoms. The van der Waals surface area contributed by atoms with Gasteiger partial charge in [-0.3, -0.25) is 15.2 Å². The molecule has 0 saturated heterocycles. The number of anilines is 1. The molecular formula is C20H17ClN6OS. The molecule has 1 aromatic heterocycles. The lowest BCUT2D eigenvalue weighted by Crippen LogP contribution is -2.34. The summed E-state index contributed by atoms with van der Waals surface area (Å²) in [5.74, 6) is 0.498. The number of H-pyrrole nitrogens is 1. The van der Waals surface area contributed by atoms with Crippen molar-refractivity contribution in [3.63, 3.8) is 0 Å². The lowest BCUT2D eigenvalue weighted by molar-refractivity contribution is 0.0977. The van der Waals surface area contributed by atoms with Crippen LogP contribution in [0.2, 0.25) is 5.02 Å². The maximum absolute atomic E-state index is 12.3. The van der Waals surface area contributed by atoms with Crippen molar-refractivity contribution in [2.75, 3.05) is 5.32 Å². The van der Waals surface area contributed by atoms with E-state index in [0.717, 1.165) is 18.5 Å². The van der Waals surface area contributed by atoms with E-state index < -0.39 is 0 Å². The van der Waals surface area contributed by atoms with E-state index in [9.17, 15) is 4.79 Å². The predicted octanol–water partition coefficient (Wildman–Crippen LogP) is 5.48. The van der Waals surface area contributed by atoms with Crippen LogP contribution in [0, 0.1) is 0 Å². The van der Waals surface area contributed by atoms with Gasteiger partial charge < -0.3 is 5.32 Å². The average Bonchev–Trinajstić information content (AvgIpc) is 3.50. The van der Waals surface area contributed by atoms with Crippen LogP contribution in [-0.4, -0.2) is 21.2 Å². The molecule has 0 aliphatic heterocycles. The number of aromatic amines is 1. The summed E-state index contributed by atoms with van der Waals surface area (Å²) in [6.07, 6.45) is 2.14. The third kappa shape index (κ3) is 4.85. The molecule has 3 N–H and O–H groups in total. The van der Waals surface area contributed by atoms with Crippen LogP contribution in [-0.2, 0) is 0 Å². The van der Waals surface area contributed by atoms with Gasteiger partial charge in [-0.05, 0) is 61.5 Å². The van der Waals surface area contributed by atoms with E-state index in [0.29, 0.717) is 33.7 Å². The van der Waals surface area contributed by atoms with Gasteiger partial charge in [-0.1, -0.05) is 29.8 Å². The smallest absolute Gasteiger partial charge is 0.257 e. The fourth-order valence-electron chi connectivity index (χ4n) is 2.71. The summed E-state index contributed by atoms with van der Waals surface area (Å²) < 4.78 is 0. The van der Waals surface area contributed by atoms with E-state index in [-0.39, 0.29) is 11.0 Å². The Balaban J connectivity index is 1.50. The van der Waals surface area contributed by atoms with Crippen molar-refractivity contribution in [1.29, 1.82) is 0 Å². The second-order valence-electron chi connectivity index (χ2n) is 6.56. The van der Waals surface area contributed by atoms with Crippen LogP contribution in [0.4, 0.5) is 17.2 Å². The topological polar surface area (TPSA) is 94.5 Å². The zero-order chi connectivity index (χ0) is 20.2. The molecule has 0 radical (unpaired) electrons. The lowest BCUT2D eigenvalue weighted by Gasteiger charge is -2.08. The van der Waals surface area contributed by atoms with Crippen LogP contribution < -0.4 is 10.6 Å². The van der Waals surface area contributed by atoms with Crippen molar-refractivity contribution in [2.24, 2.45) is 10.2 Å². The number of rotatable bonds is 5. The van der Waals surface area contributed by atoms with Crippen molar-refractivity contribution in [1.82, 2.24) is 15.5 Å². The van der Waals surface area contributed by atoms with Crippen molar-refractivity contribution < 1.29 is 4.79 Å². The fourth-order valence-corrected chi connectivity index (χ4v) is 3.03. The molecule has 1 amide bonds. The van der Waals surface area contributed by atoms with Gasteiger partial charge in [-0.15, -0.1) is 5.11 Å². The van der Waals surface area contributed by atoms with E-state index in [4.69, 9.17) is 23.8 Å². The van der Waals surface area contributed by atoms with Gasteiger partial charge in [0.2, 0.25) is 0 Å². The number of carbonyl (C=O) groups is 1. The Bertz CT molecular complexity index is 1060. The van der Waals surface area contributed by atoms with E-state index >= 15 is 0 Å². The second-order valence-corrected chi connectivity index (χ2v) is 7.40. The molecule has 0 atom stereocenters. The SMILES string of the molecule is O=C(NC(=S)Nc1n[nH]c(C2CC2)c1N=Nc1ccc(Cl)cc1)c1ccccc1. The molecule has 1 saturated carbocycles. The molecule has 0 unspecified atom stereocenters. The Labute approximate surface area is 177 Å². The van der Waals surface area contributed by atoms with Crippen molar-refractivity contribution in [3.8, 4) is 0 Å². The normalized spacial score (nSPS) is 13.4. The van der Waals surface area contributed by atoms with Gasteiger partial charge in [-0.25, -0.2) is 0 Å². The van der Waals surface area contributed by atoms with Crippen LogP contribution >= 0.6 is 23.8 Å². The maximum atomic E-state index is 12.3. The summed E-state index contributed by atoms with van der Waals surface area (Å²) in [4.78, 5) is 12.3. The Morgan fingerprint density at radius 3 is 2.52 bits per heavy atom. The Morgan fingerprint density at radius 2 is 1.83 bits per heavy atom. The molecule has 1 heterocycles. The predicted molar refractivity (Wildman–Crippen MR) is 116 cm³/mol. The summed E-state index contributed by atoms with van der Waals surface area (Å²) in [5, 5.41) is 22.3. The summed E-state index contributed by atoms with van der Waals surface area (Å²) in [5.41, 5.74) is 2.67. The quantitative estimate of drug-likeness (QED) is 0.373. The van der Waals surface area contributed by atoms with Gasteiger partial charge in [0, 0.05) is 16.5 Å². The molecule has 1 aliphatic rings. The first kappa shape index (κ1) is 19.2. The number of halogens is 1. The second kappa shape index (κ2) is 8.50. The monoisotopic (exact) mass is 424 g/mol. The maximum Gasteiger partial charge on any atom is 0.257 e. The van der Waals surface area contributed by atoms with Gasteiger partial charge in [0.1, 0.15) is 0 Å². The molecule has 0 bridgehead atoms. The van der Waals surface area contributed by atoms with Gasteiger partial charge >= 0.3 is 0 Å². The van der Waals surface area contributed by atoms with E-state index in [1.807, 2.05) is 6.07 Å². The highest BCUT2D eigenvalue weighted by molar-refractivity contribution is 7.80. The van der Waals surface area contributed by atoms with Crippen molar-refractivity contribution >= 4 is 52.0 Å². The third-order valence-electron chi connectivity index (χ3n) is 4.34. The van der Waals surface area contributed by atoms with E-state index in [2.05, 4.69) is 31.1 Å². The minimum Gasteiger partial charge on any atom is -0.314 e. The standard InChI is InChI=1S/C20H17ClN6OS/c21-14-8-10-15(11-9-14)24-26-17-16(12-6-7-12)25-27-18(17)22-20(29)23-19(28)13-4-2-1-3-5-13/h1-5,8-12H,6-7H2,(H3,22,23,25,27,28,29). The van der Waals surface area contributed by atoms with Crippen LogP contribution in [0.1, 0.15) is 34.8 Å². The molecule has 3 aromatic rings. The minimum absolute atomic E-state index is 0.135. The third-order valence-corrected chi connectivity index (χ3v) is 4.80. The molecule has 0 spiro atoms. The zero-order valence-corrected chi connectivity index (χ0v) is 16.8. The molecule has 7 nitrogen and oxygen atoms in total. The Hall–Kier alpha value is -3.10. The summed E-state index contributed by atoms with van der Waals surface area (Å²) in [6, 6.07) is 15.9. The fraction of sp³-hybridized carbons (Fsp3) is 0.150. The van der Waals surface area contributed by atoms with Gasteiger partial charge in [0.15, 0.2) is 16.6 Å². The highest BCUT2D eigenvalue weighted by Gasteiger charge is 2.30. The zero-order valence-electron chi connectivity index (χ0n) is 15.2. The number of nitrogens with one attached hydrogen (secondary N) is 3. The van der Waals surface area contributed by atoms with Crippen LogP contribution in [0.3, 0.4) is 0 Å². The number of hydrogen-bond donors (Lipinski definition) is 3. The summed E-state index contributed by atoms with van der Waals surface area (Å²) in [7, 11) is 0. The lowest BCUT2D eigenvalue weighted by atomic mass is 10.2. The number of benzene rings is 2. The first-order valence-corrected chi connectivity index (χ1v) is 9.82. The molecule has 2 aromatic carbocycles. The molecule has 146 valence electrons. The van der Waals surface area contributed by atoms with Gasteiger partial charge in [-0.2, -0.15) is 10.2 Å². The first-order chi connectivity index (χ1) is 14.1. The van der Waals surface area contributed by atoms with Crippen molar-refractivity contribution in [3.05, 3.63) is 70.9 Å². The highest BCUT2D eigenvalue weighted by atomic mass is 35.5. The number of azo groups is 1. The molecule has 1 aliphatic carbocycles. The first-order valence-electron chi connectivity index (χ1n) is 9.03. The van der Waals surface area contributed by atoms with Crippen LogP contribution in [0.15, 0.2) is 64.8 Å². The number of nitrogens with zero attached hydrogens (tertiary/aromatic N) is 3. The van der Waals surface area contributed by atoms with E-state index in [1.165, 1.54) is 0 Å². The Morgan fingerprint density at radius 1 is 1.10 bits per heavy atom. The summed E-state index contributed by atoms with van der Waals surface area (Å²) >= 11 is 11.2. The number of carbonyl (C=O) groups excluding carboxylic acids is 1. The van der Waals surface area contributed by atoms with Crippen molar-refractivity contribution in [2.45, 2.75) is 18.8 Å². The van der Waals surface area contributed by atoms with E-state index in [1.54, 1.807) is 48.5 Å². The summed E-state index contributed by atoms with van der Waals surface area (Å²) in [6.45, 7) is 0. The molecule has 4 rings (SSSR count). The number of aromatic nitrogens is 2. The minimum atomic E-state index is -0.301. The largest absolute Gasteiger partial charge is 0.314 e. The number of hydrogen-bond acceptors (Lipinski definition) is 5. The van der Waals surface area contributed by atoms with Gasteiger partial charge in [0.05, 0.1) is 11.4 Å². The van der Waals surface area contributed by atoms with Gasteiger partial charge in [0.25, 0.3) is 5.91 Å². The Kier molecular flexibility index (Phi) is 5.64. The molecule has 1 fully saturated rings. The highest BCUT2D eigenvalue weighted by Crippen LogP contribution is 2.45. The van der Waals surface area contributed by atoms with Crippen LogP contribution in [0.5, 0.6) is 0 Å². The average molecular weight is 425 g/mol. The molecule has 29 heavy (non-hydrogen) atoms. The number of thiocarbonyl (C=S) groups is 1.